The van der Waals surface area contributed by atoms with Crippen molar-refractivity contribution in [1.82, 2.24) is 0 Å². The van der Waals surface area contributed by atoms with E-state index >= 15 is 0 Å². The molecule has 0 aliphatic heterocycles. The van der Waals surface area contributed by atoms with Crippen LogP contribution in [0.4, 0.5) is 14.5 Å². The van der Waals surface area contributed by atoms with E-state index in [0.29, 0.717) is 13.1 Å². The molecule has 1 fully saturated rings. The first-order chi connectivity index (χ1) is 9.91. The zero-order valence-corrected chi connectivity index (χ0v) is 12.5. The molecule has 0 spiro atoms. The molecule has 0 unspecified atom stereocenters. The van der Waals surface area contributed by atoms with Crippen molar-refractivity contribution in [1.29, 1.82) is 0 Å². The van der Waals surface area contributed by atoms with Crippen molar-refractivity contribution in [3.05, 3.63) is 24.3 Å². The number of hydrogen-bond donors (Lipinski definition) is 2. The molecule has 0 aromatic heterocycles. The summed E-state index contributed by atoms with van der Waals surface area (Å²) in [5.41, 5.74) is 5.98. The molecule has 7 heteroatoms. The molecule has 1 aliphatic rings. The predicted molar refractivity (Wildman–Crippen MR) is 78.1 cm³/mol. The van der Waals surface area contributed by atoms with E-state index in [1.807, 2.05) is 0 Å². The minimum atomic E-state index is -4.61. The summed E-state index contributed by atoms with van der Waals surface area (Å²) in [7, 11) is -4.61. The normalized spacial score (nSPS) is 18.1. The zero-order chi connectivity index (χ0) is 15.5. The lowest BCUT2D eigenvalue weighted by atomic mass is 9.86. The van der Waals surface area contributed by atoms with Crippen molar-refractivity contribution >= 4 is 15.5 Å². The quantitative estimate of drug-likeness (QED) is 0.846. The molecular formula is C14H20F2N2O2S. The van der Waals surface area contributed by atoms with E-state index in [9.17, 15) is 17.2 Å². The van der Waals surface area contributed by atoms with Gasteiger partial charge in [-0.2, -0.15) is 8.78 Å². The molecular weight excluding hydrogens is 298 g/mol. The molecule has 0 amide bonds. The van der Waals surface area contributed by atoms with Crippen LogP contribution in [0, 0.1) is 5.41 Å². The second-order valence-corrected chi connectivity index (χ2v) is 7.45. The van der Waals surface area contributed by atoms with Gasteiger partial charge in [-0.1, -0.05) is 25.0 Å². The van der Waals surface area contributed by atoms with Crippen molar-refractivity contribution in [3.63, 3.8) is 0 Å². The molecule has 0 atom stereocenters. The van der Waals surface area contributed by atoms with E-state index in [4.69, 9.17) is 5.73 Å². The molecule has 21 heavy (non-hydrogen) atoms. The fraction of sp³-hybridized carbons (Fsp3) is 0.571. The number of hydrogen-bond acceptors (Lipinski definition) is 4. The Kier molecular flexibility index (Phi) is 4.83. The second kappa shape index (κ2) is 6.27. The van der Waals surface area contributed by atoms with Gasteiger partial charge in [0.1, 0.15) is 0 Å². The summed E-state index contributed by atoms with van der Waals surface area (Å²) in [6.45, 7) is 1.00. The van der Waals surface area contributed by atoms with Gasteiger partial charge in [-0.05, 0) is 36.9 Å². The third-order valence-corrected chi connectivity index (χ3v) is 5.62. The molecule has 0 radical (unpaired) electrons. The monoisotopic (exact) mass is 318 g/mol. The van der Waals surface area contributed by atoms with Crippen LogP contribution in [0.5, 0.6) is 0 Å². The maximum Gasteiger partial charge on any atom is 0.341 e. The summed E-state index contributed by atoms with van der Waals surface area (Å²) in [5, 5.41) is 3.02. The number of anilines is 1. The SMILES string of the molecule is NCC1(CNc2ccccc2S(=O)(=O)C(F)F)CCCC1. The lowest BCUT2D eigenvalue weighted by molar-refractivity contribution is 0.235. The van der Waals surface area contributed by atoms with Crippen LogP contribution in [0.25, 0.3) is 0 Å². The predicted octanol–water partition coefficient (Wildman–Crippen LogP) is 2.61. The molecule has 1 aliphatic carbocycles. The van der Waals surface area contributed by atoms with Crippen molar-refractivity contribution < 1.29 is 17.2 Å². The number of benzene rings is 1. The van der Waals surface area contributed by atoms with Gasteiger partial charge < -0.3 is 11.1 Å². The highest BCUT2D eigenvalue weighted by atomic mass is 32.2. The summed E-state index contributed by atoms with van der Waals surface area (Å²) in [5.74, 6) is -3.42. The van der Waals surface area contributed by atoms with Crippen LogP contribution >= 0.6 is 0 Å². The maximum atomic E-state index is 12.7. The third kappa shape index (κ3) is 3.35. The number of para-hydroxylation sites is 1. The third-order valence-electron chi connectivity index (χ3n) is 4.18. The highest BCUT2D eigenvalue weighted by Crippen LogP contribution is 2.37. The van der Waals surface area contributed by atoms with E-state index in [0.717, 1.165) is 25.7 Å². The first-order valence-corrected chi connectivity index (χ1v) is 8.51. The van der Waals surface area contributed by atoms with Crippen LogP contribution in [-0.2, 0) is 9.84 Å². The van der Waals surface area contributed by atoms with Gasteiger partial charge >= 0.3 is 5.76 Å². The van der Waals surface area contributed by atoms with E-state index in [1.54, 1.807) is 6.07 Å². The number of sulfone groups is 1. The van der Waals surface area contributed by atoms with Crippen molar-refractivity contribution in [2.75, 3.05) is 18.4 Å². The minimum Gasteiger partial charge on any atom is -0.383 e. The summed E-state index contributed by atoms with van der Waals surface area (Å²) < 4.78 is 48.8. The Labute approximate surface area is 123 Å². The fourth-order valence-electron chi connectivity index (χ4n) is 2.82. The molecule has 1 saturated carbocycles. The Hall–Kier alpha value is -1.21. The van der Waals surface area contributed by atoms with E-state index in [-0.39, 0.29) is 16.0 Å². The summed E-state index contributed by atoms with van der Waals surface area (Å²) >= 11 is 0. The van der Waals surface area contributed by atoms with Crippen LogP contribution in [0.1, 0.15) is 25.7 Å². The Morgan fingerprint density at radius 3 is 2.43 bits per heavy atom. The highest BCUT2D eigenvalue weighted by Gasteiger charge is 2.33. The topological polar surface area (TPSA) is 72.2 Å². The highest BCUT2D eigenvalue weighted by molar-refractivity contribution is 7.91. The van der Waals surface area contributed by atoms with Gasteiger partial charge in [0.2, 0.25) is 9.84 Å². The molecule has 3 N–H and O–H groups in total. The average molecular weight is 318 g/mol. The minimum absolute atomic E-state index is 0.0678. The Balaban J connectivity index is 2.22. The van der Waals surface area contributed by atoms with Crippen LogP contribution in [0.2, 0.25) is 0 Å². The fourth-order valence-corrected chi connectivity index (χ4v) is 3.72. The van der Waals surface area contributed by atoms with Crippen molar-refractivity contribution in [2.24, 2.45) is 11.1 Å². The lowest BCUT2D eigenvalue weighted by Gasteiger charge is -2.28. The molecule has 0 heterocycles. The van der Waals surface area contributed by atoms with Crippen molar-refractivity contribution in [2.45, 2.75) is 36.3 Å². The van der Waals surface area contributed by atoms with E-state index in [2.05, 4.69) is 5.32 Å². The van der Waals surface area contributed by atoms with Gasteiger partial charge in [-0.25, -0.2) is 8.42 Å². The van der Waals surface area contributed by atoms with Crippen LogP contribution in [-0.4, -0.2) is 27.3 Å². The van der Waals surface area contributed by atoms with Crippen LogP contribution < -0.4 is 11.1 Å². The standard InChI is InChI=1S/C14H20F2N2O2S/c15-13(16)21(19,20)12-6-2-1-5-11(12)18-10-14(9-17)7-3-4-8-14/h1-2,5-6,13,18H,3-4,7-10,17H2. The Bertz CT molecular complexity index is 584. The average Bonchev–Trinajstić information content (AvgIpc) is 2.95. The number of halogens is 2. The summed E-state index contributed by atoms with van der Waals surface area (Å²) in [6, 6.07) is 5.77. The molecule has 2 rings (SSSR count). The maximum absolute atomic E-state index is 12.7. The number of nitrogens with one attached hydrogen (secondary N) is 1. The van der Waals surface area contributed by atoms with Gasteiger partial charge in [0, 0.05) is 6.54 Å². The van der Waals surface area contributed by atoms with Crippen molar-refractivity contribution in [3.8, 4) is 0 Å². The molecule has 118 valence electrons. The van der Waals surface area contributed by atoms with Gasteiger partial charge in [-0.15, -0.1) is 0 Å². The molecule has 0 bridgehead atoms. The number of nitrogens with two attached hydrogens (primary N) is 1. The van der Waals surface area contributed by atoms with Gasteiger partial charge in [0.25, 0.3) is 0 Å². The molecule has 1 aromatic rings. The second-order valence-electron chi connectivity index (χ2n) is 5.57. The Morgan fingerprint density at radius 1 is 1.24 bits per heavy atom. The van der Waals surface area contributed by atoms with Gasteiger partial charge in [-0.3, -0.25) is 0 Å². The van der Waals surface area contributed by atoms with E-state index in [1.165, 1.54) is 18.2 Å². The van der Waals surface area contributed by atoms with E-state index < -0.39 is 15.6 Å². The van der Waals surface area contributed by atoms with Crippen LogP contribution in [0.15, 0.2) is 29.2 Å². The lowest BCUT2D eigenvalue weighted by Crippen LogP contribution is -2.35. The molecule has 0 saturated heterocycles. The molecule has 4 nitrogen and oxygen atoms in total. The largest absolute Gasteiger partial charge is 0.383 e. The number of alkyl halides is 2. The first-order valence-electron chi connectivity index (χ1n) is 6.96. The summed E-state index contributed by atoms with van der Waals surface area (Å²) in [6.07, 6.45) is 4.13. The number of rotatable bonds is 6. The van der Waals surface area contributed by atoms with Crippen LogP contribution in [0.3, 0.4) is 0 Å². The smallest absolute Gasteiger partial charge is 0.341 e. The first kappa shape index (κ1) is 16.2. The zero-order valence-electron chi connectivity index (χ0n) is 11.7. The molecule has 1 aromatic carbocycles. The summed E-state index contributed by atoms with van der Waals surface area (Å²) in [4.78, 5) is -0.356. The van der Waals surface area contributed by atoms with Gasteiger partial charge in [0.05, 0.1) is 10.6 Å². The van der Waals surface area contributed by atoms with Gasteiger partial charge in [0.15, 0.2) is 0 Å². The Morgan fingerprint density at radius 2 is 1.86 bits per heavy atom.